The molecule has 0 heterocycles. The first kappa shape index (κ1) is 13.2. The monoisotopic (exact) mass is 202 g/mol. The molecule has 80 valence electrons. The predicted molar refractivity (Wildman–Crippen MR) is 62.5 cm³/mol. The Morgan fingerprint density at radius 3 is 1.54 bits per heavy atom. The van der Waals surface area contributed by atoms with Crippen molar-refractivity contribution in [1.29, 1.82) is 0 Å². The molecule has 0 spiro atoms. The molecule has 0 aliphatic heterocycles. The molecule has 0 unspecified atom stereocenters. The highest BCUT2D eigenvalue weighted by molar-refractivity contribution is 6.72. The predicted octanol–water partition coefficient (Wildman–Crippen LogP) is 3.93. The second-order valence-electron chi connectivity index (χ2n) is 4.18. The number of hydrogen-bond donors (Lipinski definition) is 1. The Labute approximate surface area is 84.7 Å². The second kappa shape index (κ2) is 7.57. The van der Waals surface area contributed by atoms with Crippen LogP contribution in [0.3, 0.4) is 0 Å². The molecule has 0 aliphatic carbocycles. The highest BCUT2D eigenvalue weighted by Gasteiger charge is 2.27. The number of rotatable bonds is 8. The third-order valence-corrected chi connectivity index (χ3v) is 6.71. The number of hydrogen-bond acceptors (Lipinski definition) is 1. The van der Waals surface area contributed by atoms with E-state index in [9.17, 15) is 4.80 Å². The standard InChI is InChI=1S/C11H26OSi/c1-4-7-10-13(12,9-6-3)11-8-5-2/h12H,4-11H2,1-3H3. The third kappa shape index (κ3) is 6.27. The average molecular weight is 202 g/mol. The lowest BCUT2D eigenvalue weighted by atomic mass is 10.4. The van der Waals surface area contributed by atoms with Gasteiger partial charge in [0, 0.05) is 0 Å². The minimum absolute atomic E-state index is 1.12. The van der Waals surface area contributed by atoms with E-state index in [1.54, 1.807) is 0 Å². The number of unbranched alkanes of at least 4 members (excludes halogenated alkanes) is 2. The molecule has 0 saturated carbocycles. The maximum atomic E-state index is 10.4. The molecular formula is C11H26OSi. The van der Waals surface area contributed by atoms with Crippen LogP contribution in [0.4, 0.5) is 0 Å². The van der Waals surface area contributed by atoms with E-state index < -0.39 is 8.32 Å². The van der Waals surface area contributed by atoms with E-state index in [-0.39, 0.29) is 0 Å². The van der Waals surface area contributed by atoms with Gasteiger partial charge in [0.25, 0.3) is 0 Å². The van der Waals surface area contributed by atoms with Gasteiger partial charge in [-0.2, -0.15) is 0 Å². The molecule has 0 radical (unpaired) electrons. The zero-order chi connectivity index (χ0) is 10.2. The van der Waals surface area contributed by atoms with E-state index in [1.165, 1.54) is 25.7 Å². The lowest BCUT2D eigenvalue weighted by Crippen LogP contribution is -2.33. The Morgan fingerprint density at radius 1 is 0.769 bits per heavy atom. The zero-order valence-electron chi connectivity index (χ0n) is 9.60. The minimum Gasteiger partial charge on any atom is -0.432 e. The van der Waals surface area contributed by atoms with Gasteiger partial charge in [0.1, 0.15) is 0 Å². The van der Waals surface area contributed by atoms with Gasteiger partial charge >= 0.3 is 0 Å². The lowest BCUT2D eigenvalue weighted by Gasteiger charge is -2.24. The van der Waals surface area contributed by atoms with Gasteiger partial charge < -0.3 is 4.80 Å². The van der Waals surface area contributed by atoms with Crippen molar-refractivity contribution in [3.8, 4) is 0 Å². The van der Waals surface area contributed by atoms with Gasteiger partial charge in [-0.3, -0.25) is 0 Å². The van der Waals surface area contributed by atoms with Crippen LogP contribution < -0.4 is 0 Å². The molecule has 0 fully saturated rings. The van der Waals surface area contributed by atoms with E-state index in [0.717, 1.165) is 24.6 Å². The van der Waals surface area contributed by atoms with Crippen molar-refractivity contribution in [2.75, 3.05) is 0 Å². The molecule has 0 bridgehead atoms. The fourth-order valence-electron chi connectivity index (χ4n) is 1.85. The summed E-state index contributed by atoms with van der Waals surface area (Å²) in [4.78, 5) is 10.4. The van der Waals surface area contributed by atoms with E-state index in [2.05, 4.69) is 20.8 Å². The SMILES string of the molecule is CCCC[Si](O)(CCC)CCCC. The second-order valence-corrected chi connectivity index (χ2v) is 8.13. The van der Waals surface area contributed by atoms with Crippen LogP contribution in [0.2, 0.25) is 18.1 Å². The molecule has 2 heteroatoms. The molecular weight excluding hydrogens is 176 g/mol. The van der Waals surface area contributed by atoms with Gasteiger partial charge in [-0.05, 0) is 18.1 Å². The van der Waals surface area contributed by atoms with Crippen molar-refractivity contribution in [3.05, 3.63) is 0 Å². The van der Waals surface area contributed by atoms with Crippen molar-refractivity contribution < 1.29 is 4.80 Å². The molecule has 1 N–H and O–H groups in total. The van der Waals surface area contributed by atoms with Gasteiger partial charge in [0.2, 0.25) is 0 Å². The molecule has 0 aromatic carbocycles. The smallest absolute Gasteiger partial charge is 0.188 e. The molecule has 0 aromatic heterocycles. The van der Waals surface area contributed by atoms with E-state index in [4.69, 9.17) is 0 Å². The zero-order valence-corrected chi connectivity index (χ0v) is 10.6. The van der Waals surface area contributed by atoms with Crippen molar-refractivity contribution in [2.24, 2.45) is 0 Å². The van der Waals surface area contributed by atoms with Crippen molar-refractivity contribution in [3.63, 3.8) is 0 Å². The van der Waals surface area contributed by atoms with Crippen LogP contribution in [0.15, 0.2) is 0 Å². The quantitative estimate of drug-likeness (QED) is 0.591. The Kier molecular flexibility index (Phi) is 7.67. The van der Waals surface area contributed by atoms with Gasteiger partial charge in [0.15, 0.2) is 8.32 Å². The summed E-state index contributed by atoms with van der Waals surface area (Å²) in [5.41, 5.74) is 0. The Morgan fingerprint density at radius 2 is 1.23 bits per heavy atom. The minimum atomic E-state index is -1.79. The van der Waals surface area contributed by atoms with Crippen LogP contribution in [-0.2, 0) is 0 Å². The van der Waals surface area contributed by atoms with Crippen LogP contribution in [0.5, 0.6) is 0 Å². The Hall–Kier alpha value is 0.177. The average Bonchev–Trinajstić information content (AvgIpc) is 2.12. The molecule has 0 aromatic rings. The Balaban J connectivity index is 3.84. The largest absolute Gasteiger partial charge is 0.432 e. The van der Waals surface area contributed by atoms with Crippen LogP contribution in [0, 0.1) is 0 Å². The third-order valence-electron chi connectivity index (χ3n) is 2.71. The highest BCUT2D eigenvalue weighted by atomic mass is 28.4. The maximum Gasteiger partial charge on any atom is 0.188 e. The molecule has 13 heavy (non-hydrogen) atoms. The van der Waals surface area contributed by atoms with Crippen LogP contribution >= 0.6 is 0 Å². The van der Waals surface area contributed by atoms with Crippen LogP contribution in [0.25, 0.3) is 0 Å². The fourth-order valence-corrected chi connectivity index (χ4v) is 5.56. The van der Waals surface area contributed by atoms with Crippen LogP contribution in [0.1, 0.15) is 52.9 Å². The van der Waals surface area contributed by atoms with Crippen LogP contribution in [-0.4, -0.2) is 13.1 Å². The van der Waals surface area contributed by atoms with Gasteiger partial charge in [-0.1, -0.05) is 52.9 Å². The van der Waals surface area contributed by atoms with Gasteiger partial charge in [-0.15, -0.1) is 0 Å². The summed E-state index contributed by atoms with van der Waals surface area (Å²) in [6.07, 6.45) is 6.07. The topological polar surface area (TPSA) is 20.2 Å². The van der Waals surface area contributed by atoms with Gasteiger partial charge in [0.05, 0.1) is 0 Å². The summed E-state index contributed by atoms with van der Waals surface area (Å²) in [5, 5.41) is 0. The van der Waals surface area contributed by atoms with Crippen molar-refractivity contribution >= 4 is 8.32 Å². The summed E-state index contributed by atoms with van der Waals surface area (Å²) in [6, 6.07) is 3.39. The summed E-state index contributed by atoms with van der Waals surface area (Å²) in [6.45, 7) is 6.61. The van der Waals surface area contributed by atoms with Crippen molar-refractivity contribution in [1.82, 2.24) is 0 Å². The highest BCUT2D eigenvalue weighted by Crippen LogP contribution is 2.24. The molecule has 0 rings (SSSR count). The first-order valence-electron chi connectivity index (χ1n) is 5.91. The first-order valence-corrected chi connectivity index (χ1v) is 8.47. The van der Waals surface area contributed by atoms with E-state index >= 15 is 0 Å². The summed E-state index contributed by atoms with van der Waals surface area (Å²) < 4.78 is 0. The normalized spacial score (nSPS) is 12.0. The molecule has 0 saturated heterocycles. The fraction of sp³-hybridized carbons (Fsp3) is 1.00. The summed E-state index contributed by atoms with van der Waals surface area (Å²) in [7, 11) is -1.79. The maximum absolute atomic E-state index is 10.4. The molecule has 0 aliphatic rings. The Bertz CT molecular complexity index is 107. The van der Waals surface area contributed by atoms with Crippen molar-refractivity contribution in [2.45, 2.75) is 71.0 Å². The van der Waals surface area contributed by atoms with E-state index in [0.29, 0.717) is 0 Å². The van der Waals surface area contributed by atoms with E-state index in [1.807, 2.05) is 0 Å². The van der Waals surface area contributed by atoms with Gasteiger partial charge in [-0.25, -0.2) is 0 Å². The molecule has 0 amide bonds. The molecule has 1 nitrogen and oxygen atoms in total. The first-order chi connectivity index (χ1) is 6.18. The summed E-state index contributed by atoms with van der Waals surface area (Å²) in [5.74, 6) is 0. The molecule has 0 atom stereocenters. The summed E-state index contributed by atoms with van der Waals surface area (Å²) >= 11 is 0. The lowest BCUT2D eigenvalue weighted by molar-refractivity contribution is 0.510.